The van der Waals surface area contributed by atoms with Gasteiger partial charge in [0.05, 0.1) is 19.8 Å². The highest BCUT2D eigenvalue weighted by Crippen LogP contribution is 2.31. The van der Waals surface area contributed by atoms with E-state index in [0.717, 1.165) is 22.9 Å². The average Bonchev–Trinajstić information content (AvgIpc) is 2.74. The molecule has 2 aromatic rings. The second-order valence-corrected chi connectivity index (χ2v) is 3.43. The van der Waals surface area contributed by atoms with E-state index in [4.69, 9.17) is 9.47 Å². The second kappa shape index (κ2) is 4.26. The van der Waals surface area contributed by atoms with Crippen LogP contribution in [0.3, 0.4) is 0 Å². The molecule has 1 aromatic carbocycles. The minimum atomic E-state index is 0.787. The van der Waals surface area contributed by atoms with Crippen LogP contribution < -0.4 is 9.47 Å². The highest BCUT2D eigenvalue weighted by molar-refractivity contribution is 5.66. The van der Waals surface area contributed by atoms with Gasteiger partial charge in [-0.15, -0.1) is 0 Å². The first kappa shape index (κ1) is 10.5. The molecule has 16 heavy (non-hydrogen) atoms. The normalized spacial score (nSPS) is 10.2. The van der Waals surface area contributed by atoms with Crippen LogP contribution >= 0.6 is 0 Å². The van der Waals surface area contributed by atoms with Crippen molar-refractivity contribution in [1.82, 2.24) is 9.55 Å². The number of ether oxygens (including phenoxy) is 2. The van der Waals surface area contributed by atoms with E-state index in [1.165, 1.54) is 0 Å². The topological polar surface area (TPSA) is 36.3 Å². The van der Waals surface area contributed by atoms with E-state index >= 15 is 0 Å². The predicted octanol–water partition coefficient (Wildman–Crippen LogP) is 2.10. The number of benzene rings is 1. The summed E-state index contributed by atoms with van der Waals surface area (Å²) < 4.78 is 12.5. The summed E-state index contributed by atoms with van der Waals surface area (Å²) in [5.74, 6) is 2.43. The van der Waals surface area contributed by atoms with Gasteiger partial charge in [-0.3, -0.25) is 0 Å². The molecule has 4 heteroatoms. The molecule has 0 aliphatic rings. The van der Waals surface area contributed by atoms with Crippen molar-refractivity contribution in [1.29, 1.82) is 0 Å². The Morgan fingerprint density at radius 3 is 2.56 bits per heavy atom. The Labute approximate surface area is 94.4 Å². The molecule has 0 atom stereocenters. The number of hydrogen-bond donors (Lipinski definition) is 0. The van der Waals surface area contributed by atoms with Gasteiger partial charge in [-0.05, 0) is 18.2 Å². The molecule has 0 aliphatic heterocycles. The van der Waals surface area contributed by atoms with Gasteiger partial charge in [0.2, 0.25) is 0 Å². The van der Waals surface area contributed by atoms with Gasteiger partial charge in [0.15, 0.2) is 0 Å². The van der Waals surface area contributed by atoms with E-state index in [2.05, 4.69) is 4.98 Å². The molecule has 4 nitrogen and oxygen atoms in total. The molecule has 84 valence electrons. The van der Waals surface area contributed by atoms with Crippen molar-refractivity contribution in [3.63, 3.8) is 0 Å². The van der Waals surface area contributed by atoms with E-state index in [-0.39, 0.29) is 0 Å². The monoisotopic (exact) mass is 218 g/mol. The third kappa shape index (κ3) is 1.74. The van der Waals surface area contributed by atoms with E-state index in [9.17, 15) is 0 Å². The SMILES string of the molecule is COc1ccc(OC)c(-c2nccn2C)c1. The Kier molecular flexibility index (Phi) is 2.81. The van der Waals surface area contributed by atoms with Crippen LogP contribution in [0.25, 0.3) is 11.4 Å². The van der Waals surface area contributed by atoms with Crippen molar-refractivity contribution >= 4 is 0 Å². The third-order valence-electron chi connectivity index (χ3n) is 2.47. The van der Waals surface area contributed by atoms with Gasteiger partial charge >= 0.3 is 0 Å². The van der Waals surface area contributed by atoms with E-state index < -0.39 is 0 Å². The van der Waals surface area contributed by atoms with E-state index in [1.807, 2.05) is 36.0 Å². The molecule has 0 fully saturated rings. The van der Waals surface area contributed by atoms with Crippen molar-refractivity contribution in [3.05, 3.63) is 30.6 Å². The molecule has 0 aliphatic carbocycles. The number of imidazole rings is 1. The number of aromatic nitrogens is 2. The largest absolute Gasteiger partial charge is 0.497 e. The maximum Gasteiger partial charge on any atom is 0.143 e. The second-order valence-electron chi connectivity index (χ2n) is 3.43. The van der Waals surface area contributed by atoms with Gasteiger partial charge in [-0.2, -0.15) is 0 Å². The molecular weight excluding hydrogens is 204 g/mol. The zero-order valence-electron chi connectivity index (χ0n) is 9.60. The lowest BCUT2D eigenvalue weighted by molar-refractivity contribution is 0.404. The lowest BCUT2D eigenvalue weighted by Gasteiger charge is -2.10. The molecule has 0 radical (unpaired) electrons. The number of nitrogens with zero attached hydrogens (tertiary/aromatic N) is 2. The minimum absolute atomic E-state index is 0.787. The fourth-order valence-corrected chi connectivity index (χ4v) is 1.61. The molecule has 2 rings (SSSR count). The van der Waals surface area contributed by atoms with Crippen LogP contribution in [0.4, 0.5) is 0 Å². The molecular formula is C12H14N2O2. The average molecular weight is 218 g/mol. The molecule has 1 aromatic heterocycles. The Hall–Kier alpha value is -1.97. The quantitative estimate of drug-likeness (QED) is 0.791. The zero-order valence-corrected chi connectivity index (χ0v) is 9.60. The molecule has 0 bridgehead atoms. The van der Waals surface area contributed by atoms with Crippen molar-refractivity contribution in [2.45, 2.75) is 0 Å². The Balaban J connectivity index is 2.57. The van der Waals surface area contributed by atoms with Crippen LogP contribution in [-0.4, -0.2) is 23.8 Å². The summed E-state index contributed by atoms with van der Waals surface area (Å²) in [6.07, 6.45) is 3.66. The minimum Gasteiger partial charge on any atom is -0.497 e. The summed E-state index contributed by atoms with van der Waals surface area (Å²) in [6.45, 7) is 0. The van der Waals surface area contributed by atoms with Gasteiger partial charge in [0.1, 0.15) is 17.3 Å². The van der Waals surface area contributed by atoms with Gasteiger partial charge < -0.3 is 14.0 Å². The first-order valence-electron chi connectivity index (χ1n) is 4.96. The third-order valence-corrected chi connectivity index (χ3v) is 2.47. The van der Waals surface area contributed by atoms with Gasteiger partial charge in [-0.1, -0.05) is 0 Å². The maximum atomic E-state index is 5.31. The van der Waals surface area contributed by atoms with Gasteiger partial charge in [0.25, 0.3) is 0 Å². The summed E-state index contributed by atoms with van der Waals surface area (Å²) in [5, 5.41) is 0. The lowest BCUT2D eigenvalue weighted by atomic mass is 10.1. The summed E-state index contributed by atoms with van der Waals surface area (Å²) in [4.78, 5) is 4.30. The maximum absolute atomic E-state index is 5.31. The Morgan fingerprint density at radius 1 is 1.19 bits per heavy atom. The summed E-state index contributed by atoms with van der Waals surface area (Å²) >= 11 is 0. The molecule has 0 saturated heterocycles. The summed E-state index contributed by atoms with van der Waals surface area (Å²) in [6, 6.07) is 5.66. The molecule has 0 spiro atoms. The highest BCUT2D eigenvalue weighted by atomic mass is 16.5. The Bertz CT molecular complexity index is 492. The number of rotatable bonds is 3. The first-order chi connectivity index (χ1) is 7.76. The number of aryl methyl sites for hydroxylation is 1. The molecule has 0 N–H and O–H groups in total. The standard InChI is InChI=1S/C12H14N2O2/c1-14-7-6-13-12(14)10-8-9(15-2)4-5-11(10)16-3/h4-8H,1-3H3. The van der Waals surface area contributed by atoms with Crippen molar-refractivity contribution in [2.75, 3.05) is 14.2 Å². The first-order valence-corrected chi connectivity index (χ1v) is 4.96. The van der Waals surface area contributed by atoms with Gasteiger partial charge in [0, 0.05) is 19.4 Å². The van der Waals surface area contributed by atoms with Crippen LogP contribution in [0.2, 0.25) is 0 Å². The van der Waals surface area contributed by atoms with Crippen molar-refractivity contribution in [2.24, 2.45) is 7.05 Å². The van der Waals surface area contributed by atoms with Crippen LogP contribution in [0, 0.1) is 0 Å². The predicted molar refractivity (Wildman–Crippen MR) is 61.7 cm³/mol. The van der Waals surface area contributed by atoms with Crippen molar-refractivity contribution < 1.29 is 9.47 Å². The summed E-state index contributed by atoms with van der Waals surface area (Å²) in [5.41, 5.74) is 0.925. The fraction of sp³-hybridized carbons (Fsp3) is 0.250. The number of methoxy groups -OCH3 is 2. The van der Waals surface area contributed by atoms with Crippen LogP contribution in [0.5, 0.6) is 11.5 Å². The fourth-order valence-electron chi connectivity index (χ4n) is 1.61. The smallest absolute Gasteiger partial charge is 0.143 e. The van der Waals surface area contributed by atoms with Gasteiger partial charge in [-0.25, -0.2) is 4.98 Å². The molecule has 1 heterocycles. The zero-order chi connectivity index (χ0) is 11.5. The van der Waals surface area contributed by atoms with Crippen LogP contribution in [0.1, 0.15) is 0 Å². The highest BCUT2D eigenvalue weighted by Gasteiger charge is 2.11. The van der Waals surface area contributed by atoms with Crippen LogP contribution in [-0.2, 0) is 7.05 Å². The number of hydrogen-bond acceptors (Lipinski definition) is 3. The van der Waals surface area contributed by atoms with E-state index in [0.29, 0.717) is 0 Å². The molecule has 0 amide bonds. The van der Waals surface area contributed by atoms with E-state index in [1.54, 1.807) is 20.4 Å². The van der Waals surface area contributed by atoms with Crippen LogP contribution in [0.15, 0.2) is 30.6 Å². The van der Waals surface area contributed by atoms with Crippen molar-refractivity contribution in [3.8, 4) is 22.9 Å². The summed E-state index contributed by atoms with van der Waals surface area (Å²) in [7, 11) is 5.24. The molecule has 0 unspecified atom stereocenters. The molecule has 0 saturated carbocycles. The lowest BCUT2D eigenvalue weighted by Crippen LogP contribution is -1.95. The Morgan fingerprint density at radius 2 is 2.00 bits per heavy atom.